The lowest BCUT2D eigenvalue weighted by Crippen LogP contribution is -2.35. The molecule has 0 bridgehead atoms. The number of esters is 1. The first-order valence-electron chi connectivity index (χ1n) is 8.82. The van der Waals surface area contributed by atoms with E-state index in [9.17, 15) is 29.3 Å². The van der Waals surface area contributed by atoms with E-state index in [2.05, 4.69) is 0 Å². The fraction of sp³-hybridized carbons (Fsp3) is 0.143. The maximum Gasteiger partial charge on any atom is 0.316 e. The van der Waals surface area contributed by atoms with Gasteiger partial charge in [0.25, 0.3) is 0 Å². The van der Waals surface area contributed by atoms with Crippen molar-refractivity contribution in [1.29, 1.82) is 0 Å². The molecule has 3 unspecified atom stereocenters. The number of hydrogen-bond donors (Lipinski definition) is 3. The predicted molar refractivity (Wildman–Crippen MR) is 95.0 cm³/mol. The molecule has 30 heavy (non-hydrogen) atoms. The summed E-state index contributed by atoms with van der Waals surface area (Å²) in [5, 5.41) is 29.1. The zero-order chi connectivity index (χ0) is 21.4. The van der Waals surface area contributed by atoms with Gasteiger partial charge in [-0.15, -0.1) is 0 Å². The van der Waals surface area contributed by atoms with Crippen molar-refractivity contribution in [2.24, 2.45) is 11.8 Å². The minimum atomic E-state index is -2.03. The van der Waals surface area contributed by atoms with Crippen molar-refractivity contribution in [3.63, 3.8) is 0 Å². The summed E-state index contributed by atoms with van der Waals surface area (Å²) in [6.45, 7) is 0. The molecule has 7 nitrogen and oxygen atoms in total. The molecule has 0 radical (unpaired) electrons. The van der Waals surface area contributed by atoms with Crippen LogP contribution in [0.15, 0.2) is 53.9 Å². The van der Waals surface area contributed by atoms with E-state index in [4.69, 9.17) is 9.47 Å². The summed E-state index contributed by atoms with van der Waals surface area (Å²) >= 11 is 0. The number of aliphatic carboxylic acids is 1. The smallest absolute Gasteiger partial charge is 0.316 e. The summed E-state index contributed by atoms with van der Waals surface area (Å²) in [6, 6.07) is 5.55. The maximum atomic E-state index is 15.2. The van der Waals surface area contributed by atoms with Crippen molar-refractivity contribution in [1.82, 2.24) is 0 Å². The van der Waals surface area contributed by atoms with Crippen LogP contribution in [0, 0.1) is 17.7 Å². The molecule has 1 aliphatic carbocycles. The first kappa shape index (κ1) is 18.2. The Morgan fingerprint density at radius 2 is 1.80 bits per heavy atom. The molecule has 2 aromatic carbocycles. The highest BCUT2D eigenvalue weighted by atomic mass is 19.1. The summed E-state index contributed by atoms with van der Waals surface area (Å²) in [6.07, 6.45) is 1.99. The number of carboxylic acid groups (broad SMARTS) is 1. The lowest BCUT2D eigenvalue weighted by atomic mass is 9.70. The average Bonchev–Trinajstić information content (AvgIpc) is 2.98. The Morgan fingerprint density at radius 1 is 1.07 bits per heavy atom. The number of fused-ring (bicyclic) bond motifs is 6. The van der Waals surface area contributed by atoms with E-state index in [0.717, 1.165) is 24.3 Å². The SMILES string of the molecule is O=C(O)C1C=CC(F)=C2C1C(=O)OC21c2ccc(O)cc2Oc2cc(O)c(F)cc21. The second-order valence-electron chi connectivity index (χ2n) is 7.15. The number of carbonyl (C=O) groups is 2. The van der Waals surface area contributed by atoms with Crippen LogP contribution in [0.5, 0.6) is 23.0 Å². The van der Waals surface area contributed by atoms with Gasteiger partial charge in [-0.3, -0.25) is 9.59 Å². The third-order valence-electron chi connectivity index (χ3n) is 5.54. The standard InChI is InChI=1S/C21H12F2O7/c22-12-4-2-9(19(26)27)17-18(12)21(30-20(17)28)10-3-1-8(24)5-15(10)29-16-7-14(25)13(23)6-11(16)21/h1-7,9,17,24-25H,(H,26,27). The Hall–Kier alpha value is -3.88. The molecule has 152 valence electrons. The van der Waals surface area contributed by atoms with Gasteiger partial charge in [-0.05, 0) is 24.3 Å². The molecule has 2 aromatic rings. The molecule has 9 heteroatoms. The molecule has 2 heterocycles. The maximum absolute atomic E-state index is 15.2. The molecule has 1 spiro atoms. The minimum Gasteiger partial charge on any atom is -0.508 e. The number of allylic oxidation sites excluding steroid dienone is 2. The van der Waals surface area contributed by atoms with Crippen molar-refractivity contribution < 1.29 is 43.2 Å². The number of halogens is 2. The van der Waals surface area contributed by atoms with E-state index in [1.807, 2.05) is 0 Å². The predicted octanol–water partition coefficient (Wildman–Crippen LogP) is 3.25. The largest absolute Gasteiger partial charge is 0.508 e. The van der Waals surface area contributed by atoms with Crippen LogP contribution < -0.4 is 4.74 Å². The molecule has 0 saturated carbocycles. The summed E-state index contributed by atoms with van der Waals surface area (Å²) in [5.41, 5.74) is -2.37. The molecule has 3 N–H and O–H groups in total. The highest BCUT2D eigenvalue weighted by Crippen LogP contribution is 2.61. The average molecular weight is 414 g/mol. The van der Waals surface area contributed by atoms with Crippen molar-refractivity contribution in [3.05, 3.63) is 70.8 Å². The van der Waals surface area contributed by atoms with Gasteiger partial charge >= 0.3 is 11.9 Å². The zero-order valence-corrected chi connectivity index (χ0v) is 14.9. The third-order valence-corrected chi connectivity index (χ3v) is 5.54. The van der Waals surface area contributed by atoms with E-state index in [1.54, 1.807) is 0 Å². The molecule has 1 fully saturated rings. The van der Waals surface area contributed by atoms with Crippen LogP contribution >= 0.6 is 0 Å². The second kappa shape index (κ2) is 5.82. The number of carbonyl (C=O) groups excluding carboxylic acids is 1. The summed E-state index contributed by atoms with van der Waals surface area (Å²) < 4.78 is 40.7. The van der Waals surface area contributed by atoms with Crippen molar-refractivity contribution >= 4 is 11.9 Å². The number of carboxylic acids is 1. The summed E-state index contributed by atoms with van der Waals surface area (Å²) in [7, 11) is 0. The molecule has 2 aliphatic heterocycles. The summed E-state index contributed by atoms with van der Waals surface area (Å²) in [4.78, 5) is 24.5. The van der Waals surface area contributed by atoms with Gasteiger partial charge in [0.15, 0.2) is 17.2 Å². The Morgan fingerprint density at radius 3 is 2.53 bits per heavy atom. The van der Waals surface area contributed by atoms with Crippen LogP contribution in [0.3, 0.4) is 0 Å². The second-order valence-corrected chi connectivity index (χ2v) is 7.15. The Labute approximate surface area is 167 Å². The summed E-state index contributed by atoms with van der Waals surface area (Å²) in [5.74, 6) is -8.33. The van der Waals surface area contributed by atoms with E-state index in [1.165, 1.54) is 18.2 Å². The van der Waals surface area contributed by atoms with Gasteiger partial charge in [-0.2, -0.15) is 0 Å². The monoisotopic (exact) mass is 414 g/mol. The van der Waals surface area contributed by atoms with Crippen molar-refractivity contribution in [2.45, 2.75) is 5.60 Å². The number of phenols is 2. The first-order valence-corrected chi connectivity index (χ1v) is 8.82. The van der Waals surface area contributed by atoms with Crippen LogP contribution in [0.4, 0.5) is 8.78 Å². The fourth-order valence-electron chi connectivity index (χ4n) is 4.32. The minimum absolute atomic E-state index is 0.0244. The number of aromatic hydroxyl groups is 2. The molecule has 0 aromatic heterocycles. The Kier molecular flexibility index (Phi) is 3.52. The van der Waals surface area contributed by atoms with Crippen LogP contribution in [0.25, 0.3) is 0 Å². The molecule has 1 saturated heterocycles. The van der Waals surface area contributed by atoms with Crippen molar-refractivity contribution in [3.8, 4) is 23.0 Å². The van der Waals surface area contributed by atoms with Gasteiger partial charge in [-0.25, -0.2) is 8.78 Å². The van der Waals surface area contributed by atoms with E-state index >= 15 is 4.39 Å². The Bertz CT molecular complexity index is 1220. The highest BCUT2D eigenvalue weighted by molar-refractivity contribution is 5.91. The molecular weight excluding hydrogens is 402 g/mol. The number of rotatable bonds is 1. The van der Waals surface area contributed by atoms with E-state index in [0.29, 0.717) is 0 Å². The molecular formula is C21H12F2O7. The molecule has 5 rings (SSSR count). The van der Waals surface area contributed by atoms with E-state index in [-0.39, 0.29) is 33.9 Å². The molecule has 0 amide bonds. The van der Waals surface area contributed by atoms with Crippen LogP contribution in [0.2, 0.25) is 0 Å². The highest BCUT2D eigenvalue weighted by Gasteiger charge is 2.62. The Balaban J connectivity index is 1.88. The number of benzene rings is 2. The first-order chi connectivity index (χ1) is 14.2. The fourth-order valence-corrected chi connectivity index (χ4v) is 4.32. The van der Waals surface area contributed by atoms with Gasteiger partial charge in [0.2, 0.25) is 0 Å². The van der Waals surface area contributed by atoms with E-state index < -0.39 is 46.8 Å². The van der Waals surface area contributed by atoms with Gasteiger partial charge in [-0.1, -0.05) is 6.08 Å². The van der Waals surface area contributed by atoms with Crippen LogP contribution in [0.1, 0.15) is 11.1 Å². The number of ether oxygens (including phenoxy) is 2. The molecule has 3 aliphatic rings. The number of phenolic OH excluding ortho intramolecular Hbond substituents is 2. The van der Waals surface area contributed by atoms with Crippen molar-refractivity contribution in [2.75, 3.05) is 0 Å². The van der Waals surface area contributed by atoms with Gasteiger partial charge < -0.3 is 24.8 Å². The topological polar surface area (TPSA) is 113 Å². The van der Waals surface area contributed by atoms with Crippen LogP contribution in [-0.4, -0.2) is 27.3 Å². The lowest BCUT2D eigenvalue weighted by Gasteiger charge is -2.37. The number of hydrogen-bond acceptors (Lipinski definition) is 6. The quantitative estimate of drug-likeness (QED) is 0.614. The van der Waals surface area contributed by atoms with Crippen LogP contribution in [-0.2, 0) is 19.9 Å². The lowest BCUT2D eigenvalue weighted by molar-refractivity contribution is -0.153. The van der Waals surface area contributed by atoms with Gasteiger partial charge in [0.05, 0.1) is 11.5 Å². The third kappa shape index (κ3) is 2.17. The zero-order valence-electron chi connectivity index (χ0n) is 14.9. The molecule has 3 atom stereocenters. The normalized spacial score (nSPS) is 26.0. The van der Waals surface area contributed by atoms with Gasteiger partial charge in [0, 0.05) is 23.3 Å². The van der Waals surface area contributed by atoms with Gasteiger partial charge in [0.1, 0.15) is 29.0 Å².